The quantitative estimate of drug-likeness (QED) is 0.478. The second-order valence-corrected chi connectivity index (χ2v) is 3.28. The molecule has 3 heteroatoms. The fourth-order valence-electron chi connectivity index (χ4n) is 1.46. The average Bonchev–Trinajstić information content (AvgIpc) is 2.28. The predicted octanol–water partition coefficient (Wildman–Crippen LogP) is 1.48. The van der Waals surface area contributed by atoms with Gasteiger partial charge in [-0.05, 0) is 13.3 Å². The highest BCUT2D eigenvalue weighted by molar-refractivity contribution is 5.78. The first kappa shape index (κ1) is 9.52. The Morgan fingerprint density at radius 3 is 3.08 bits per heavy atom. The summed E-state index contributed by atoms with van der Waals surface area (Å²) in [5.41, 5.74) is 0. The standard InChI is InChI=1S/C9H18N2O/c1-3-9(10)11-5-4-6-12-8(2)7-11/h8,10H,3-7H2,1-2H3. The van der Waals surface area contributed by atoms with Crippen LogP contribution in [0.15, 0.2) is 0 Å². The van der Waals surface area contributed by atoms with E-state index in [4.69, 9.17) is 10.1 Å². The molecule has 1 aliphatic heterocycles. The van der Waals surface area contributed by atoms with Crippen LogP contribution >= 0.6 is 0 Å². The van der Waals surface area contributed by atoms with Crippen LogP contribution in [0.1, 0.15) is 26.7 Å². The summed E-state index contributed by atoms with van der Waals surface area (Å²) in [6, 6.07) is 0. The molecule has 1 aliphatic rings. The molecule has 0 radical (unpaired) electrons. The minimum Gasteiger partial charge on any atom is -0.377 e. The Kier molecular flexibility index (Phi) is 3.53. The first-order chi connectivity index (χ1) is 5.74. The lowest BCUT2D eigenvalue weighted by molar-refractivity contribution is 0.0741. The van der Waals surface area contributed by atoms with E-state index in [-0.39, 0.29) is 6.10 Å². The summed E-state index contributed by atoms with van der Waals surface area (Å²) in [5, 5.41) is 7.69. The molecule has 1 N–H and O–H groups in total. The summed E-state index contributed by atoms with van der Waals surface area (Å²) in [5.74, 6) is 0.743. The van der Waals surface area contributed by atoms with Crippen molar-refractivity contribution in [3.05, 3.63) is 0 Å². The van der Waals surface area contributed by atoms with E-state index < -0.39 is 0 Å². The molecule has 12 heavy (non-hydrogen) atoms. The Hall–Kier alpha value is -0.570. The van der Waals surface area contributed by atoms with Gasteiger partial charge in [-0.15, -0.1) is 0 Å². The summed E-state index contributed by atoms with van der Waals surface area (Å²) >= 11 is 0. The van der Waals surface area contributed by atoms with Crippen molar-refractivity contribution < 1.29 is 4.74 Å². The van der Waals surface area contributed by atoms with Crippen molar-refractivity contribution in [2.45, 2.75) is 32.8 Å². The van der Waals surface area contributed by atoms with Gasteiger partial charge in [0.05, 0.1) is 11.9 Å². The second kappa shape index (κ2) is 4.45. The van der Waals surface area contributed by atoms with E-state index in [0.717, 1.165) is 38.4 Å². The van der Waals surface area contributed by atoms with Crippen LogP contribution < -0.4 is 0 Å². The molecular weight excluding hydrogens is 152 g/mol. The van der Waals surface area contributed by atoms with Gasteiger partial charge in [-0.2, -0.15) is 0 Å². The third-order valence-electron chi connectivity index (χ3n) is 2.17. The normalized spacial score (nSPS) is 25.2. The van der Waals surface area contributed by atoms with E-state index in [1.165, 1.54) is 0 Å². The van der Waals surface area contributed by atoms with Gasteiger partial charge in [0.2, 0.25) is 0 Å². The highest BCUT2D eigenvalue weighted by Gasteiger charge is 2.15. The lowest BCUT2D eigenvalue weighted by Crippen LogP contribution is -2.34. The smallest absolute Gasteiger partial charge is 0.0955 e. The van der Waals surface area contributed by atoms with Gasteiger partial charge in [-0.3, -0.25) is 5.41 Å². The fraction of sp³-hybridized carbons (Fsp3) is 0.889. The van der Waals surface area contributed by atoms with E-state index in [9.17, 15) is 0 Å². The zero-order chi connectivity index (χ0) is 8.97. The lowest BCUT2D eigenvalue weighted by atomic mass is 10.3. The van der Waals surface area contributed by atoms with Crippen molar-refractivity contribution in [1.29, 1.82) is 5.41 Å². The summed E-state index contributed by atoms with van der Waals surface area (Å²) in [4.78, 5) is 2.12. The maximum absolute atomic E-state index is 7.69. The molecule has 0 spiro atoms. The van der Waals surface area contributed by atoms with E-state index in [2.05, 4.69) is 11.8 Å². The molecule has 0 aromatic heterocycles. The number of hydrogen-bond donors (Lipinski definition) is 1. The number of nitrogens with zero attached hydrogens (tertiary/aromatic N) is 1. The van der Waals surface area contributed by atoms with Gasteiger partial charge in [-0.1, -0.05) is 6.92 Å². The topological polar surface area (TPSA) is 36.3 Å². The summed E-state index contributed by atoms with van der Waals surface area (Å²) in [6.45, 7) is 6.80. The molecule has 1 rings (SSSR count). The first-order valence-electron chi connectivity index (χ1n) is 4.68. The van der Waals surface area contributed by atoms with E-state index in [1.807, 2.05) is 6.92 Å². The third kappa shape index (κ3) is 2.48. The predicted molar refractivity (Wildman–Crippen MR) is 49.6 cm³/mol. The molecule has 0 amide bonds. The molecular formula is C9H18N2O. The van der Waals surface area contributed by atoms with Crippen molar-refractivity contribution >= 4 is 5.84 Å². The van der Waals surface area contributed by atoms with Gasteiger partial charge in [0.25, 0.3) is 0 Å². The summed E-state index contributed by atoms with van der Waals surface area (Å²) in [7, 11) is 0. The average molecular weight is 170 g/mol. The molecule has 1 fully saturated rings. The van der Waals surface area contributed by atoms with Gasteiger partial charge in [0, 0.05) is 26.1 Å². The molecule has 1 heterocycles. The van der Waals surface area contributed by atoms with Gasteiger partial charge in [0.1, 0.15) is 0 Å². The van der Waals surface area contributed by atoms with E-state index >= 15 is 0 Å². The van der Waals surface area contributed by atoms with E-state index in [0.29, 0.717) is 0 Å². The third-order valence-corrected chi connectivity index (χ3v) is 2.17. The zero-order valence-corrected chi connectivity index (χ0v) is 7.97. The van der Waals surface area contributed by atoms with Crippen LogP contribution in [0.2, 0.25) is 0 Å². The molecule has 0 aliphatic carbocycles. The maximum Gasteiger partial charge on any atom is 0.0955 e. The highest BCUT2D eigenvalue weighted by atomic mass is 16.5. The van der Waals surface area contributed by atoms with Crippen molar-refractivity contribution in [2.24, 2.45) is 0 Å². The van der Waals surface area contributed by atoms with Crippen LogP contribution in [0.4, 0.5) is 0 Å². The van der Waals surface area contributed by atoms with Gasteiger partial charge < -0.3 is 9.64 Å². The molecule has 0 saturated carbocycles. The van der Waals surface area contributed by atoms with Crippen LogP contribution in [-0.4, -0.2) is 36.5 Å². The number of nitrogens with one attached hydrogen (secondary N) is 1. The second-order valence-electron chi connectivity index (χ2n) is 3.28. The molecule has 0 aromatic carbocycles. The Morgan fingerprint density at radius 1 is 1.67 bits per heavy atom. The first-order valence-corrected chi connectivity index (χ1v) is 4.68. The SMILES string of the molecule is CCC(=N)N1CCCOC(C)C1. The van der Waals surface area contributed by atoms with Crippen molar-refractivity contribution in [3.63, 3.8) is 0 Å². The number of amidine groups is 1. The van der Waals surface area contributed by atoms with Crippen molar-refractivity contribution in [1.82, 2.24) is 4.90 Å². The van der Waals surface area contributed by atoms with E-state index in [1.54, 1.807) is 0 Å². The lowest BCUT2D eigenvalue weighted by Gasteiger charge is -2.23. The number of hydrogen-bond acceptors (Lipinski definition) is 2. The zero-order valence-electron chi connectivity index (χ0n) is 7.97. The maximum atomic E-state index is 7.69. The minimum absolute atomic E-state index is 0.277. The van der Waals surface area contributed by atoms with Crippen molar-refractivity contribution in [2.75, 3.05) is 19.7 Å². The Balaban J connectivity index is 2.46. The molecule has 1 unspecified atom stereocenters. The molecule has 3 nitrogen and oxygen atoms in total. The molecule has 1 atom stereocenters. The number of rotatable bonds is 1. The monoisotopic (exact) mass is 170 g/mol. The van der Waals surface area contributed by atoms with Gasteiger partial charge in [-0.25, -0.2) is 0 Å². The summed E-state index contributed by atoms with van der Waals surface area (Å²) in [6.07, 6.45) is 2.15. The van der Waals surface area contributed by atoms with Crippen LogP contribution in [0.25, 0.3) is 0 Å². The van der Waals surface area contributed by atoms with Gasteiger partial charge >= 0.3 is 0 Å². The highest BCUT2D eigenvalue weighted by Crippen LogP contribution is 2.06. The Morgan fingerprint density at radius 2 is 2.42 bits per heavy atom. The largest absolute Gasteiger partial charge is 0.377 e. The summed E-state index contributed by atoms with van der Waals surface area (Å²) < 4.78 is 5.49. The Labute approximate surface area is 74.2 Å². The fourth-order valence-corrected chi connectivity index (χ4v) is 1.46. The van der Waals surface area contributed by atoms with Crippen LogP contribution in [0.3, 0.4) is 0 Å². The molecule has 0 bridgehead atoms. The number of ether oxygens (including phenoxy) is 1. The van der Waals surface area contributed by atoms with Crippen LogP contribution in [0.5, 0.6) is 0 Å². The molecule has 1 saturated heterocycles. The van der Waals surface area contributed by atoms with Gasteiger partial charge in [0.15, 0.2) is 0 Å². The molecule has 70 valence electrons. The Bertz CT molecular complexity index is 159. The minimum atomic E-state index is 0.277. The van der Waals surface area contributed by atoms with Crippen molar-refractivity contribution in [3.8, 4) is 0 Å². The van der Waals surface area contributed by atoms with Crippen LogP contribution in [0, 0.1) is 5.41 Å². The van der Waals surface area contributed by atoms with Crippen LogP contribution in [-0.2, 0) is 4.74 Å². The molecule has 0 aromatic rings.